The monoisotopic (exact) mass is 258 g/mol. The van der Waals surface area contributed by atoms with Gasteiger partial charge in [0.2, 0.25) is 5.89 Å². The fourth-order valence-electron chi connectivity index (χ4n) is 1.27. The Kier molecular flexibility index (Phi) is 3.45. The van der Waals surface area contributed by atoms with Crippen molar-refractivity contribution in [2.75, 3.05) is 11.9 Å². The average Bonchev–Trinajstić information content (AvgIpc) is 2.82. The number of nitrogens with zero attached hydrogens (tertiary/aromatic N) is 3. The second-order valence-electron chi connectivity index (χ2n) is 3.44. The summed E-state index contributed by atoms with van der Waals surface area (Å²) in [4.78, 5) is 7.47. The number of nitrogens with one attached hydrogen (secondary N) is 1. The fourth-order valence-corrected chi connectivity index (χ4v) is 1.27. The van der Waals surface area contributed by atoms with E-state index >= 15 is 0 Å². The Morgan fingerprint density at radius 1 is 1.22 bits per heavy atom. The van der Waals surface area contributed by atoms with Gasteiger partial charge in [-0.3, -0.25) is 0 Å². The van der Waals surface area contributed by atoms with Gasteiger partial charge in [-0.15, -0.1) is 0 Å². The highest BCUT2D eigenvalue weighted by Crippen LogP contribution is 2.28. The first kappa shape index (κ1) is 12.3. The quantitative estimate of drug-likeness (QED) is 0.910. The Morgan fingerprint density at radius 2 is 2.06 bits per heavy atom. The molecule has 2 heterocycles. The van der Waals surface area contributed by atoms with Crippen LogP contribution in [0.25, 0.3) is 0 Å². The molecule has 0 saturated heterocycles. The van der Waals surface area contributed by atoms with Crippen molar-refractivity contribution in [1.29, 1.82) is 0 Å². The van der Waals surface area contributed by atoms with Gasteiger partial charge >= 0.3 is 6.18 Å². The van der Waals surface area contributed by atoms with E-state index in [9.17, 15) is 13.2 Å². The standard InChI is InChI=1S/C10H9F3N4O/c11-10(12,13)7-1-2-8(15-5-7)14-4-3-9-16-6-17-18-9/h1-2,5-6H,3-4H2,(H,14,15). The Morgan fingerprint density at radius 3 is 2.61 bits per heavy atom. The van der Waals surface area contributed by atoms with Crippen LogP contribution in [0.5, 0.6) is 0 Å². The largest absolute Gasteiger partial charge is 0.417 e. The van der Waals surface area contributed by atoms with E-state index in [0.717, 1.165) is 12.3 Å². The summed E-state index contributed by atoms with van der Waals surface area (Å²) in [5.74, 6) is 0.817. The van der Waals surface area contributed by atoms with Gasteiger partial charge in [0, 0.05) is 19.2 Å². The molecule has 0 aromatic carbocycles. The van der Waals surface area contributed by atoms with E-state index in [-0.39, 0.29) is 0 Å². The minimum Gasteiger partial charge on any atom is -0.370 e. The van der Waals surface area contributed by atoms with Gasteiger partial charge in [-0.2, -0.15) is 18.2 Å². The maximum absolute atomic E-state index is 12.3. The summed E-state index contributed by atoms with van der Waals surface area (Å²) in [7, 11) is 0. The molecule has 0 unspecified atom stereocenters. The summed E-state index contributed by atoms with van der Waals surface area (Å²) < 4.78 is 41.6. The molecule has 2 rings (SSSR count). The summed E-state index contributed by atoms with van der Waals surface area (Å²) in [5, 5.41) is 6.29. The van der Waals surface area contributed by atoms with Crippen molar-refractivity contribution in [1.82, 2.24) is 15.1 Å². The van der Waals surface area contributed by atoms with Crippen LogP contribution in [0.3, 0.4) is 0 Å². The van der Waals surface area contributed by atoms with E-state index in [1.165, 1.54) is 12.4 Å². The molecule has 0 bridgehead atoms. The van der Waals surface area contributed by atoms with E-state index in [1.807, 2.05) is 0 Å². The van der Waals surface area contributed by atoms with Crippen LogP contribution in [0.15, 0.2) is 29.2 Å². The lowest BCUT2D eigenvalue weighted by molar-refractivity contribution is -0.137. The van der Waals surface area contributed by atoms with Crippen LogP contribution in [0, 0.1) is 0 Å². The predicted octanol–water partition coefficient (Wildman–Crippen LogP) is 2.14. The number of alkyl halides is 3. The van der Waals surface area contributed by atoms with E-state index in [1.54, 1.807) is 0 Å². The molecule has 96 valence electrons. The van der Waals surface area contributed by atoms with Gasteiger partial charge in [0.1, 0.15) is 5.82 Å². The Labute approximate surface area is 100 Å². The van der Waals surface area contributed by atoms with Gasteiger partial charge in [-0.1, -0.05) is 5.16 Å². The predicted molar refractivity (Wildman–Crippen MR) is 55.7 cm³/mol. The molecular weight excluding hydrogens is 249 g/mol. The molecule has 0 amide bonds. The minimum atomic E-state index is -4.37. The number of aromatic nitrogens is 3. The van der Waals surface area contributed by atoms with E-state index < -0.39 is 11.7 Å². The normalized spacial score (nSPS) is 11.5. The number of anilines is 1. The molecule has 0 aliphatic heterocycles. The lowest BCUT2D eigenvalue weighted by Gasteiger charge is -2.07. The van der Waals surface area contributed by atoms with Crippen LogP contribution in [0.1, 0.15) is 11.5 Å². The minimum absolute atomic E-state index is 0.363. The molecule has 5 nitrogen and oxygen atoms in total. The van der Waals surface area contributed by atoms with Crippen LogP contribution < -0.4 is 5.32 Å². The van der Waals surface area contributed by atoms with Crippen molar-refractivity contribution >= 4 is 5.82 Å². The van der Waals surface area contributed by atoms with Gasteiger partial charge in [-0.25, -0.2) is 4.98 Å². The molecule has 2 aromatic heterocycles. The number of pyridine rings is 1. The Bertz CT molecular complexity index is 481. The zero-order valence-corrected chi connectivity index (χ0v) is 9.11. The second kappa shape index (κ2) is 5.03. The van der Waals surface area contributed by atoms with Crippen molar-refractivity contribution < 1.29 is 17.7 Å². The summed E-state index contributed by atoms with van der Waals surface area (Å²) in [5.41, 5.74) is -0.773. The second-order valence-corrected chi connectivity index (χ2v) is 3.44. The van der Waals surface area contributed by atoms with Crippen LogP contribution >= 0.6 is 0 Å². The molecule has 8 heteroatoms. The molecule has 0 atom stereocenters. The van der Waals surface area contributed by atoms with Crippen molar-refractivity contribution in [3.63, 3.8) is 0 Å². The van der Waals surface area contributed by atoms with Crippen molar-refractivity contribution in [3.8, 4) is 0 Å². The third-order valence-electron chi connectivity index (χ3n) is 2.14. The van der Waals surface area contributed by atoms with Gasteiger partial charge in [0.05, 0.1) is 5.56 Å². The zero-order valence-electron chi connectivity index (χ0n) is 9.11. The Hall–Kier alpha value is -2.12. The van der Waals surface area contributed by atoms with Crippen molar-refractivity contribution in [3.05, 3.63) is 36.1 Å². The lowest BCUT2D eigenvalue weighted by atomic mass is 10.3. The van der Waals surface area contributed by atoms with Gasteiger partial charge in [0.15, 0.2) is 6.33 Å². The van der Waals surface area contributed by atoms with Crippen molar-refractivity contribution in [2.24, 2.45) is 0 Å². The van der Waals surface area contributed by atoms with Gasteiger partial charge < -0.3 is 9.84 Å². The SMILES string of the molecule is FC(F)(F)c1ccc(NCCc2ncno2)nc1. The number of halogens is 3. The highest BCUT2D eigenvalue weighted by atomic mass is 19.4. The first-order chi connectivity index (χ1) is 8.55. The van der Waals surface area contributed by atoms with E-state index in [2.05, 4.69) is 20.4 Å². The molecule has 2 aromatic rings. The third-order valence-corrected chi connectivity index (χ3v) is 2.14. The molecule has 0 saturated carbocycles. The fraction of sp³-hybridized carbons (Fsp3) is 0.300. The molecule has 0 radical (unpaired) electrons. The molecule has 18 heavy (non-hydrogen) atoms. The Balaban J connectivity index is 1.87. The first-order valence-electron chi connectivity index (χ1n) is 5.08. The first-order valence-corrected chi connectivity index (χ1v) is 5.08. The molecule has 0 spiro atoms. The summed E-state index contributed by atoms with van der Waals surface area (Å²) in [6.45, 7) is 0.445. The summed E-state index contributed by atoms with van der Waals surface area (Å²) in [6, 6.07) is 2.25. The molecule has 1 N–H and O–H groups in total. The average molecular weight is 258 g/mol. The van der Waals surface area contributed by atoms with Crippen molar-refractivity contribution in [2.45, 2.75) is 12.6 Å². The molecule has 0 aliphatic rings. The summed E-state index contributed by atoms with van der Waals surface area (Å²) in [6.07, 6.45) is -1.82. The molecule has 0 aliphatic carbocycles. The van der Waals surface area contributed by atoms with E-state index in [4.69, 9.17) is 4.52 Å². The highest BCUT2D eigenvalue weighted by molar-refractivity contribution is 5.36. The number of hydrogen-bond donors (Lipinski definition) is 1. The van der Waals surface area contributed by atoms with Crippen LogP contribution in [-0.4, -0.2) is 21.7 Å². The number of rotatable bonds is 4. The van der Waals surface area contributed by atoms with Gasteiger partial charge in [-0.05, 0) is 12.1 Å². The molecular formula is C10H9F3N4O. The summed E-state index contributed by atoms with van der Waals surface area (Å²) >= 11 is 0. The lowest BCUT2D eigenvalue weighted by Crippen LogP contribution is -2.09. The molecule has 0 fully saturated rings. The topological polar surface area (TPSA) is 63.8 Å². The third kappa shape index (κ3) is 3.19. The van der Waals surface area contributed by atoms with Crippen LogP contribution in [-0.2, 0) is 12.6 Å². The maximum atomic E-state index is 12.3. The van der Waals surface area contributed by atoms with Crippen LogP contribution in [0.2, 0.25) is 0 Å². The number of hydrogen-bond acceptors (Lipinski definition) is 5. The van der Waals surface area contributed by atoms with Gasteiger partial charge in [0.25, 0.3) is 0 Å². The van der Waals surface area contributed by atoms with Crippen LogP contribution in [0.4, 0.5) is 19.0 Å². The maximum Gasteiger partial charge on any atom is 0.417 e. The van der Waals surface area contributed by atoms with E-state index in [0.29, 0.717) is 24.7 Å². The zero-order chi connectivity index (χ0) is 13.0. The highest BCUT2D eigenvalue weighted by Gasteiger charge is 2.30. The smallest absolute Gasteiger partial charge is 0.370 e.